The summed E-state index contributed by atoms with van der Waals surface area (Å²) in [5.41, 5.74) is 2.44. The van der Waals surface area contributed by atoms with Crippen LogP contribution in [0.4, 0.5) is 11.4 Å². The topological polar surface area (TPSA) is 45.6 Å². The monoisotopic (exact) mass is 213 g/mol. The summed E-state index contributed by atoms with van der Waals surface area (Å²) in [4.78, 5) is 20.3. The molecule has 80 valence electrons. The fourth-order valence-corrected chi connectivity index (χ4v) is 1.65. The van der Waals surface area contributed by atoms with E-state index < -0.39 is 0 Å². The number of rotatable bonds is 2. The second-order valence-electron chi connectivity index (χ2n) is 3.60. The van der Waals surface area contributed by atoms with Gasteiger partial charge in [-0.3, -0.25) is 4.98 Å². The molecule has 4 nitrogen and oxygen atoms in total. The predicted octanol–water partition coefficient (Wildman–Crippen LogP) is 2.27. The minimum absolute atomic E-state index is 0.601. The molecule has 0 N–H and O–H groups in total. The Morgan fingerprint density at radius 3 is 2.81 bits per heavy atom. The van der Waals surface area contributed by atoms with Crippen molar-refractivity contribution in [1.82, 2.24) is 4.98 Å². The first-order valence-electron chi connectivity index (χ1n) is 4.87. The SMILES string of the molecule is CN(C)c1ccc(N=C=O)c2cccnc12. The van der Waals surface area contributed by atoms with Gasteiger partial charge >= 0.3 is 0 Å². The summed E-state index contributed by atoms with van der Waals surface area (Å²) in [6.07, 6.45) is 3.28. The van der Waals surface area contributed by atoms with Crippen LogP contribution < -0.4 is 4.90 Å². The Morgan fingerprint density at radius 1 is 1.31 bits per heavy atom. The maximum absolute atomic E-state index is 10.3. The quantitative estimate of drug-likeness (QED) is 0.567. The molecule has 0 unspecified atom stereocenters. The maximum Gasteiger partial charge on any atom is 0.240 e. The summed E-state index contributed by atoms with van der Waals surface area (Å²) < 4.78 is 0. The number of aliphatic imine (C=N–C) groups is 1. The van der Waals surface area contributed by atoms with Crippen LogP contribution in [0.5, 0.6) is 0 Å². The third-order valence-electron chi connectivity index (χ3n) is 2.37. The van der Waals surface area contributed by atoms with Crippen LogP contribution in [-0.2, 0) is 4.79 Å². The molecule has 0 fully saturated rings. The molecule has 2 aromatic rings. The van der Waals surface area contributed by atoms with Gasteiger partial charge in [0.2, 0.25) is 6.08 Å². The molecule has 1 aromatic heterocycles. The predicted molar refractivity (Wildman–Crippen MR) is 63.9 cm³/mol. The number of benzene rings is 1. The lowest BCUT2D eigenvalue weighted by atomic mass is 10.1. The number of anilines is 1. The third kappa shape index (κ3) is 1.66. The van der Waals surface area contributed by atoms with Gasteiger partial charge in [-0.2, -0.15) is 4.99 Å². The summed E-state index contributed by atoms with van der Waals surface area (Å²) in [5.74, 6) is 0. The number of isocyanates is 1. The van der Waals surface area contributed by atoms with Gasteiger partial charge < -0.3 is 4.90 Å². The van der Waals surface area contributed by atoms with Crippen molar-refractivity contribution < 1.29 is 4.79 Å². The molecule has 0 radical (unpaired) electrons. The van der Waals surface area contributed by atoms with Gasteiger partial charge in [-0.05, 0) is 24.3 Å². The zero-order valence-corrected chi connectivity index (χ0v) is 9.14. The molecule has 0 aliphatic heterocycles. The minimum Gasteiger partial charge on any atom is -0.376 e. The van der Waals surface area contributed by atoms with E-state index in [1.807, 2.05) is 37.2 Å². The normalized spacial score (nSPS) is 9.88. The Labute approximate surface area is 93.2 Å². The van der Waals surface area contributed by atoms with Crippen LogP contribution in [0.15, 0.2) is 35.5 Å². The van der Waals surface area contributed by atoms with E-state index in [-0.39, 0.29) is 0 Å². The molecule has 1 aromatic carbocycles. The van der Waals surface area contributed by atoms with Crippen molar-refractivity contribution in [1.29, 1.82) is 0 Å². The van der Waals surface area contributed by atoms with Crippen molar-refractivity contribution >= 4 is 28.4 Å². The van der Waals surface area contributed by atoms with Gasteiger partial charge in [0, 0.05) is 25.7 Å². The molecule has 0 aliphatic carbocycles. The second kappa shape index (κ2) is 4.13. The summed E-state index contributed by atoms with van der Waals surface area (Å²) in [6, 6.07) is 7.41. The van der Waals surface area contributed by atoms with Crippen LogP contribution in [-0.4, -0.2) is 25.2 Å². The highest BCUT2D eigenvalue weighted by Crippen LogP contribution is 2.30. The molecule has 16 heavy (non-hydrogen) atoms. The largest absolute Gasteiger partial charge is 0.376 e. The Balaban J connectivity index is 2.81. The lowest BCUT2D eigenvalue weighted by molar-refractivity contribution is 0.565. The molecule has 2 rings (SSSR count). The van der Waals surface area contributed by atoms with Crippen molar-refractivity contribution in [3.63, 3.8) is 0 Å². The number of hydrogen-bond donors (Lipinski definition) is 0. The first kappa shape index (κ1) is 10.3. The molecule has 0 saturated heterocycles. The van der Waals surface area contributed by atoms with Crippen LogP contribution in [0.3, 0.4) is 0 Å². The lowest BCUT2D eigenvalue weighted by Gasteiger charge is -2.14. The highest BCUT2D eigenvalue weighted by molar-refractivity contribution is 5.98. The van der Waals surface area contributed by atoms with E-state index in [1.165, 1.54) is 0 Å². The fraction of sp³-hybridized carbons (Fsp3) is 0.167. The molecule has 4 heteroatoms. The molecule has 0 aliphatic rings. The molecule has 0 saturated carbocycles. The molecule has 1 heterocycles. The highest BCUT2D eigenvalue weighted by Gasteiger charge is 2.07. The van der Waals surface area contributed by atoms with Crippen molar-refractivity contribution in [2.45, 2.75) is 0 Å². The van der Waals surface area contributed by atoms with E-state index in [1.54, 1.807) is 18.3 Å². The Bertz CT molecular complexity index is 571. The van der Waals surface area contributed by atoms with Crippen LogP contribution in [0, 0.1) is 0 Å². The lowest BCUT2D eigenvalue weighted by Crippen LogP contribution is -2.09. The summed E-state index contributed by atoms with van der Waals surface area (Å²) in [7, 11) is 3.90. The maximum atomic E-state index is 10.3. The van der Waals surface area contributed by atoms with Crippen LogP contribution in [0.2, 0.25) is 0 Å². The number of pyridine rings is 1. The number of fused-ring (bicyclic) bond motifs is 1. The van der Waals surface area contributed by atoms with Gasteiger partial charge in [0.15, 0.2) is 0 Å². The Hall–Kier alpha value is -2.19. The van der Waals surface area contributed by atoms with E-state index in [0.717, 1.165) is 16.6 Å². The van der Waals surface area contributed by atoms with Crippen molar-refractivity contribution in [2.75, 3.05) is 19.0 Å². The van der Waals surface area contributed by atoms with E-state index in [9.17, 15) is 4.79 Å². The third-order valence-corrected chi connectivity index (χ3v) is 2.37. The van der Waals surface area contributed by atoms with Crippen LogP contribution in [0.25, 0.3) is 10.9 Å². The van der Waals surface area contributed by atoms with Crippen molar-refractivity contribution in [3.8, 4) is 0 Å². The first-order chi connectivity index (χ1) is 7.74. The molecule has 0 bridgehead atoms. The van der Waals surface area contributed by atoms with Gasteiger partial charge in [0.1, 0.15) is 0 Å². The average Bonchev–Trinajstić information content (AvgIpc) is 2.29. The number of carbonyl (C=O) groups excluding carboxylic acids is 1. The van der Waals surface area contributed by atoms with E-state index >= 15 is 0 Å². The summed E-state index contributed by atoms with van der Waals surface area (Å²) in [6.45, 7) is 0. The zero-order chi connectivity index (χ0) is 11.5. The standard InChI is InChI=1S/C12H11N3O/c1-15(2)11-6-5-10(14-8-16)9-4-3-7-13-12(9)11/h3-7H,1-2H3. The molecule has 0 spiro atoms. The van der Waals surface area contributed by atoms with Crippen molar-refractivity contribution in [2.24, 2.45) is 4.99 Å². The van der Waals surface area contributed by atoms with E-state index in [2.05, 4.69) is 9.98 Å². The Kier molecular flexibility index (Phi) is 2.66. The van der Waals surface area contributed by atoms with E-state index in [4.69, 9.17) is 0 Å². The van der Waals surface area contributed by atoms with Crippen molar-refractivity contribution in [3.05, 3.63) is 30.5 Å². The zero-order valence-electron chi connectivity index (χ0n) is 9.14. The average molecular weight is 213 g/mol. The Morgan fingerprint density at radius 2 is 2.12 bits per heavy atom. The number of hydrogen-bond acceptors (Lipinski definition) is 4. The van der Waals surface area contributed by atoms with Gasteiger partial charge in [-0.25, -0.2) is 4.79 Å². The van der Waals surface area contributed by atoms with Crippen LogP contribution >= 0.6 is 0 Å². The van der Waals surface area contributed by atoms with Gasteiger partial charge in [0.05, 0.1) is 16.9 Å². The molecular formula is C12H11N3O. The molecule has 0 amide bonds. The second-order valence-corrected chi connectivity index (χ2v) is 3.60. The van der Waals surface area contributed by atoms with Gasteiger partial charge in [-0.15, -0.1) is 0 Å². The summed E-state index contributed by atoms with van der Waals surface area (Å²) in [5, 5.41) is 0.858. The molecular weight excluding hydrogens is 202 g/mol. The van der Waals surface area contributed by atoms with Gasteiger partial charge in [0.25, 0.3) is 0 Å². The van der Waals surface area contributed by atoms with Gasteiger partial charge in [-0.1, -0.05) is 0 Å². The molecule has 0 atom stereocenters. The smallest absolute Gasteiger partial charge is 0.240 e. The highest BCUT2D eigenvalue weighted by atomic mass is 16.1. The van der Waals surface area contributed by atoms with Crippen LogP contribution in [0.1, 0.15) is 0 Å². The van der Waals surface area contributed by atoms with E-state index in [0.29, 0.717) is 5.69 Å². The first-order valence-corrected chi connectivity index (χ1v) is 4.87. The summed E-state index contributed by atoms with van der Waals surface area (Å²) >= 11 is 0. The number of nitrogens with zero attached hydrogens (tertiary/aromatic N) is 3. The minimum atomic E-state index is 0.601. The fourth-order valence-electron chi connectivity index (χ4n) is 1.65. The number of aromatic nitrogens is 1.